The van der Waals surface area contributed by atoms with Gasteiger partial charge in [-0.25, -0.2) is 4.68 Å². The highest BCUT2D eigenvalue weighted by molar-refractivity contribution is 7.80. The van der Waals surface area contributed by atoms with Crippen LogP contribution in [-0.4, -0.2) is 32.2 Å². The molecule has 1 saturated heterocycles. The number of nitrogens with one attached hydrogen (secondary N) is 2. The molecule has 0 spiro atoms. The molecule has 2 N–H and O–H groups in total. The van der Waals surface area contributed by atoms with Crippen molar-refractivity contribution in [1.82, 2.24) is 20.0 Å². The molecule has 2 aromatic rings. The van der Waals surface area contributed by atoms with E-state index >= 15 is 0 Å². The number of nitrogens with zero attached hydrogens (tertiary/aromatic N) is 2. The fourth-order valence-corrected chi connectivity index (χ4v) is 2.81. The molecule has 1 amide bonds. The molecular weight excluding hydrogens is 312 g/mol. The van der Waals surface area contributed by atoms with E-state index in [0.717, 1.165) is 5.69 Å². The van der Waals surface area contributed by atoms with Crippen molar-refractivity contribution in [1.29, 1.82) is 0 Å². The Balaban J connectivity index is 2.04. The molecule has 118 valence electrons. The first-order valence-corrected chi connectivity index (χ1v) is 7.65. The first-order valence-electron chi connectivity index (χ1n) is 7.24. The summed E-state index contributed by atoms with van der Waals surface area (Å²) < 4.78 is 1.46. The summed E-state index contributed by atoms with van der Waals surface area (Å²) in [7, 11) is 0. The van der Waals surface area contributed by atoms with Gasteiger partial charge in [-0.1, -0.05) is 18.2 Å². The van der Waals surface area contributed by atoms with Crippen molar-refractivity contribution in [2.24, 2.45) is 0 Å². The molecule has 0 aliphatic carbocycles. The topological polar surface area (TPSA) is 70.1 Å². The molecule has 0 unspecified atom stereocenters. The largest absolute Gasteiger partial charge is 0.328 e. The Morgan fingerprint density at radius 1 is 1.22 bits per heavy atom. The Kier molecular flexibility index (Phi) is 3.87. The summed E-state index contributed by atoms with van der Waals surface area (Å²) in [4.78, 5) is 26.3. The normalized spacial score (nSPS) is 16.3. The van der Waals surface area contributed by atoms with E-state index in [2.05, 4.69) is 10.4 Å². The summed E-state index contributed by atoms with van der Waals surface area (Å²) >= 11 is 5.12. The van der Waals surface area contributed by atoms with Gasteiger partial charge in [0, 0.05) is 12.2 Å². The number of benzene rings is 1. The Morgan fingerprint density at radius 3 is 2.52 bits per heavy atom. The van der Waals surface area contributed by atoms with E-state index in [9.17, 15) is 9.59 Å². The molecule has 7 heteroatoms. The lowest BCUT2D eigenvalue weighted by Gasteiger charge is -2.08. The number of hydrogen-bond acceptors (Lipinski definition) is 3. The van der Waals surface area contributed by atoms with Crippen LogP contribution in [0.1, 0.15) is 18.2 Å². The number of hydrogen-bond donors (Lipinski definition) is 2. The summed E-state index contributed by atoms with van der Waals surface area (Å²) in [5.74, 6) is -0.219. The zero-order valence-electron chi connectivity index (χ0n) is 12.8. The van der Waals surface area contributed by atoms with Crippen molar-refractivity contribution >= 4 is 29.3 Å². The van der Waals surface area contributed by atoms with Crippen LogP contribution >= 0.6 is 12.2 Å². The third-order valence-corrected chi connectivity index (χ3v) is 4.02. The molecule has 2 heterocycles. The molecule has 3 rings (SSSR count). The number of H-pyrrole nitrogens is 1. The van der Waals surface area contributed by atoms with E-state index in [-0.39, 0.29) is 11.5 Å². The van der Waals surface area contributed by atoms with Crippen LogP contribution in [0.4, 0.5) is 0 Å². The lowest BCUT2D eigenvalue weighted by atomic mass is 10.2. The van der Waals surface area contributed by atoms with Crippen LogP contribution in [-0.2, 0) is 4.79 Å². The van der Waals surface area contributed by atoms with Crippen molar-refractivity contribution in [3.05, 3.63) is 57.6 Å². The number of rotatable bonds is 3. The summed E-state index contributed by atoms with van der Waals surface area (Å²) in [6.07, 6.45) is 1.55. The number of likely N-dealkylation sites (N-methyl/N-ethyl adjacent to an activating group) is 1. The number of aromatic amines is 1. The van der Waals surface area contributed by atoms with E-state index in [1.165, 1.54) is 9.58 Å². The van der Waals surface area contributed by atoms with Gasteiger partial charge in [0.15, 0.2) is 5.11 Å². The second-order valence-corrected chi connectivity index (χ2v) is 5.55. The van der Waals surface area contributed by atoms with Crippen LogP contribution in [0.5, 0.6) is 0 Å². The first-order chi connectivity index (χ1) is 11.0. The van der Waals surface area contributed by atoms with E-state index < -0.39 is 0 Å². The lowest BCUT2D eigenvalue weighted by Crippen LogP contribution is -2.30. The Bertz CT molecular complexity index is 864. The van der Waals surface area contributed by atoms with Crippen molar-refractivity contribution in [2.45, 2.75) is 13.8 Å². The van der Waals surface area contributed by atoms with Crippen LogP contribution in [0.15, 0.2) is 40.8 Å². The number of carbonyl (C=O) groups excluding carboxylic acids is 1. The predicted octanol–water partition coefficient (Wildman–Crippen LogP) is 1.55. The smallest absolute Gasteiger partial charge is 0.278 e. The fraction of sp³-hybridized carbons (Fsp3) is 0.188. The molecule has 1 aliphatic heterocycles. The maximum absolute atomic E-state index is 12.6. The zero-order valence-corrected chi connectivity index (χ0v) is 13.6. The Hall–Kier alpha value is -2.67. The van der Waals surface area contributed by atoms with Crippen LogP contribution in [0.2, 0.25) is 0 Å². The molecule has 1 aliphatic rings. The molecule has 0 bridgehead atoms. The average Bonchev–Trinajstić information content (AvgIpc) is 2.98. The highest BCUT2D eigenvalue weighted by Gasteiger charge is 2.29. The van der Waals surface area contributed by atoms with Gasteiger partial charge in [-0.3, -0.25) is 19.6 Å². The minimum atomic E-state index is -0.219. The number of aromatic nitrogens is 2. The SMILES string of the molecule is CCN1C(=O)/C(=C/c2c(C)[nH]n(-c3ccccc3)c2=O)NC1=S. The number of para-hydroxylation sites is 1. The van der Waals surface area contributed by atoms with Crippen LogP contribution in [0.25, 0.3) is 11.8 Å². The molecule has 1 aromatic heterocycles. The summed E-state index contributed by atoms with van der Waals surface area (Å²) in [5.41, 5.74) is 1.96. The number of aryl methyl sites for hydroxylation is 1. The highest BCUT2D eigenvalue weighted by atomic mass is 32.1. The van der Waals surface area contributed by atoms with Gasteiger partial charge in [0.05, 0.1) is 11.3 Å². The lowest BCUT2D eigenvalue weighted by molar-refractivity contribution is -0.122. The minimum Gasteiger partial charge on any atom is -0.328 e. The monoisotopic (exact) mass is 328 g/mol. The Labute approximate surface area is 138 Å². The third kappa shape index (κ3) is 2.59. The van der Waals surface area contributed by atoms with Gasteiger partial charge < -0.3 is 5.32 Å². The molecule has 23 heavy (non-hydrogen) atoms. The summed E-state index contributed by atoms with van der Waals surface area (Å²) in [5, 5.41) is 6.25. The standard InChI is InChI=1S/C16H16N4O2S/c1-3-19-15(22)13(17-16(19)23)9-12-10(2)18-20(14(12)21)11-7-5-4-6-8-11/h4-9,18H,3H2,1-2H3,(H,17,23)/b13-9-. The maximum Gasteiger partial charge on any atom is 0.278 e. The summed E-state index contributed by atoms with van der Waals surface area (Å²) in [6.45, 7) is 4.13. The number of thiocarbonyl (C=S) groups is 1. The van der Waals surface area contributed by atoms with Gasteiger partial charge in [-0.2, -0.15) is 0 Å². The summed E-state index contributed by atoms with van der Waals surface area (Å²) in [6, 6.07) is 9.27. The fourth-order valence-electron chi connectivity index (χ4n) is 2.49. The second-order valence-electron chi connectivity index (χ2n) is 5.16. The predicted molar refractivity (Wildman–Crippen MR) is 92.2 cm³/mol. The van der Waals surface area contributed by atoms with Gasteiger partial charge in [-0.05, 0) is 44.3 Å². The van der Waals surface area contributed by atoms with Crippen molar-refractivity contribution < 1.29 is 4.79 Å². The Morgan fingerprint density at radius 2 is 1.91 bits per heavy atom. The van der Waals surface area contributed by atoms with Gasteiger partial charge in [0.2, 0.25) is 0 Å². The van der Waals surface area contributed by atoms with Gasteiger partial charge in [0.25, 0.3) is 11.5 Å². The maximum atomic E-state index is 12.6. The van der Waals surface area contributed by atoms with Gasteiger partial charge in [-0.15, -0.1) is 0 Å². The molecule has 1 aromatic carbocycles. The zero-order chi connectivity index (χ0) is 16.6. The van der Waals surface area contributed by atoms with Gasteiger partial charge >= 0.3 is 0 Å². The van der Waals surface area contributed by atoms with Crippen molar-refractivity contribution in [2.75, 3.05) is 6.54 Å². The molecule has 0 saturated carbocycles. The van der Waals surface area contributed by atoms with Crippen molar-refractivity contribution in [3.8, 4) is 5.69 Å². The molecule has 0 atom stereocenters. The van der Waals surface area contributed by atoms with E-state index in [4.69, 9.17) is 12.2 Å². The average molecular weight is 328 g/mol. The number of carbonyl (C=O) groups is 1. The van der Waals surface area contributed by atoms with Gasteiger partial charge in [0.1, 0.15) is 5.70 Å². The first kappa shape index (κ1) is 15.2. The minimum absolute atomic E-state index is 0.211. The number of amides is 1. The molecule has 1 fully saturated rings. The second kappa shape index (κ2) is 5.85. The van der Waals surface area contributed by atoms with Crippen molar-refractivity contribution in [3.63, 3.8) is 0 Å². The quantitative estimate of drug-likeness (QED) is 0.662. The van der Waals surface area contributed by atoms with E-state index in [1.807, 2.05) is 37.3 Å². The molecular formula is C16H16N4O2S. The molecule has 6 nitrogen and oxygen atoms in total. The van der Waals surface area contributed by atoms with Crippen LogP contribution in [0, 0.1) is 6.92 Å². The molecule has 0 radical (unpaired) electrons. The van der Waals surface area contributed by atoms with Crippen LogP contribution < -0.4 is 10.9 Å². The van der Waals surface area contributed by atoms with Crippen LogP contribution in [0.3, 0.4) is 0 Å². The highest BCUT2D eigenvalue weighted by Crippen LogP contribution is 2.14. The van der Waals surface area contributed by atoms with E-state index in [0.29, 0.717) is 28.6 Å². The third-order valence-electron chi connectivity index (χ3n) is 3.70. The van der Waals surface area contributed by atoms with E-state index in [1.54, 1.807) is 13.0 Å².